The SMILES string of the molecule is O=C(O)NCCCCCC=CI. The fourth-order valence-corrected chi connectivity index (χ4v) is 1.18. The molecule has 0 saturated carbocycles. The zero-order valence-corrected chi connectivity index (χ0v) is 9.08. The van der Waals surface area contributed by atoms with E-state index in [2.05, 4.69) is 34.0 Å². The third-order valence-electron chi connectivity index (χ3n) is 1.41. The molecule has 0 atom stereocenters. The highest BCUT2D eigenvalue weighted by Crippen LogP contribution is 2.00. The first kappa shape index (κ1) is 11.7. The molecule has 0 aliphatic carbocycles. The fraction of sp³-hybridized carbons (Fsp3) is 0.625. The van der Waals surface area contributed by atoms with Crippen LogP contribution in [0.2, 0.25) is 0 Å². The quantitative estimate of drug-likeness (QED) is 0.581. The van der Waals surface area contributed by atoms with E-state index in [0.717, 1.165) is 25.7 Å². The van der Waals surface area contributed by atoms with Crippen LogP contribution >= 0.6 is 22.6 Å². The van der Waals surface area contributed by atoms with E-state index in [0.29, 0.717) is 6.54 Å². The number of unbranched alkanes of at least 4 members (excludes halogenated alkanes) is 3. The maximum Gasteiger partial charge on any atom is 0.404 e. The van der Waals surface area contributed by atoms with Crippen LogP contribution in [0.5, 0.6) is 0 Å². The summed E-state index contributed by atoms with van der Waals surface area (Å²) < 4.78 is 2.01. The molecule has 2 N–H and O–H groups in total. The highest BCUT2D eigenvalue weighted by molar-refractivity contribution is 14.1. The van der Waals surface area contributed by atoms with Crippen molar-refractivity contribution in [1.82, 2.24) is 5.32 Å². The lowest BCUT2D eigenvalue weighted by molar-refractivity contribution is 0.194. The van der Waals surface area contributed by atoms with Crippen LogP contribution in [-0.4, -0.2) is 17.7 Å². The van der Waals surface area contributed by atoms with Gasteiger partial charge in [0.05, 0.1) is 0 Å². The molecular weight excluding hydrogens is 269 g/mol. The number of amides is 1. The Morgan fingerprint density at radius 3 is 2.75 bits per heavy atom. The van der Waals surface area contributed by atoms with E-state index < -0.39 is 6.09 Å². The Balaban J connectivity index is 2.96. The lowest BCUT2D eigenvalue weighted by Gasteiger charge is -1.98. The van der Waals surface area contributed by atoms with Crippen molar-refractivity contribution in [3.05, 3.63) is 10.2 Å². The van der Waals surface area contributed by atoms with E-state index in [4.69, 9.17) is 5.11 Å². The van der Waals surface area contributed by atoms with Crippen molar-refractivity contribution in [2.75, 3.05) is 6.54 Å². The number of rotatable bonds is 6. The Labute approximate surface area is 86.4 Å². The monoisotopic (exact) mass is 283 g/mol. The van der Waals surface area contributed by atoms with Gasteiger partial charge in [-0.15, -0.1) is 0 Å². The largest absolute Gasteiger partial charge is 0.465 e. The molecule has 0 fully saturated rings. The number of halogens is 1. The Hall–Kier alpha value is -0.260. The van der Waals surface area contributed by atoms with E-state index in [1.54, 1.807) is 0 Å². The summed E-state index contributed by atoms with van der Waals surface area (Å²) in [7, 11) is 0. The van der Waals surface area contributed by atoms with Crippen LogP contribution in [-0.2, 0) is 0 Å². The van der Waals surface area contributed by atoms with Crippen molar-refractivity contribution < 1.29 is 9.90 Å². The average Bonchev–Trinajstić information content (AvgIpc) is 2.02. The summed E-state index contributed by atoms with van der Waals surface area (Å²) in [5, 5.41) is 10.6. The van der Waals surface area contributed by atoms with Gasteiger partial charge in [0, 0.05) is 6.54 Å². The lowest BCUT2D eigenvalue weighted by atomic mass is 10.2. The third-order valence-corrected chi connectivity index (χ3v) is 1.92. The Kier molecular flexibility index (Phi) is 8.64. The molecule has 0 radical (unpaired) electrons. The van der Waals surface area contributed by atoms with Crippen LogP contribution in [0, 0.1) is 0 Å². The van der Waals surface area contributed by atoms with Gasteiger partial charge in [0.25, 0.3) is 0 Å². The lowest BCUT2D eigenvalue weighted by Crippen LogP contribution is -2.21. The molecule has 0 rings (SSSR count). The predicted molar refractivity (Wildman–Crippen MR) is 57.7 cm³/mol. The topological polar surface area (TPSA) is 49.3 Å². The second-order valence-corrected chi connectivity index (χ2v) is 3.16. The molecule has 1 amide bonds. The predicted octanol–water partition coefficient (Wildman–Crippen LogP) is 2.76. The van der Waals surface area contributed by atoms with Gasteiger partial charge in [-0.1, -0.05) is 35.1 Å². The van der Waals surface area contributed by atoms with Crippen LogP contribution in [0.4, 0.5) is 4.79 Å². The van der Waals surface area contributed by atoms with Crippen molar-refractivity contribution in [2.45, 2.75) is 25.7 Å². The normalized spacial score (nSPS) is 10.4. The van der Waals surface area contributed by atoms with E-state index in [-0.39, 0.29) is 0 Å². The minimum atomic E-state index is -0.929. The van der Waals surface area contributed by atoms with Gasteiger partial charge in [-0.2, -0.15) is 0 Å². The Morgan fingerprint density at radius 1 is 1.42 bits per heavy atom. The van der Waals surface area contributed by atoms with Crippen molar-refractivity contribution in [3.63, 3.8) is 0 Å². The molecule has 0 aromatic carbocycles. The summed E-state index contributed by atoms with van der Waals surface area (Å²) in [6.07, 6.45) is 5.44. The van der Waals surface area contributed by atoms with Gasteiger partial charge in [0.15, 0.2) is 0 Å². The molecule has 0 unspecified atom stereocenters. The summed E-state index contributed by atoms with van der Waals surface area (Å²) in [6, 6.07) is 0. The molecule has 12 heavy (non-hydrogen) atoms. The van der Waals surface area contributed by atoms with Gasteiger partial charge in [0.1, 0.15) is 0 Å². The van der Waals surface area contributed by atoms with Crippen LogP contribution in [0.15, 0.2) is 10.2 Å². The first-order chi connectivity index (χ1) is 5.77. The molecule has 0 aromatic heterocycles. The molecule has 0 bridgehead atoms. The molecule has 0 heterocycles. The second kappa shape index (κ2) is 8.83. The molecule has 0 spiro atoms. The number of hydrogen-bond acceptors (Lipinski definition) is 1. The smallest absolute Gasteiger partial charge is 0.404 e. The van der Waals surface area contributed by atoms with Gasteiger partial charge in [-0.05, 0) is 23.3 Å². The van der Waals surface area contributed by atoms with Crippen molar-refractivity contribution in [3.8, 4) is 0 Å². The molecule has 0 aromatic rings. The van der Waals surface area contributed by atoms with Gasteiger partial charge < -0.3 is 10.4 Å². The van der Waals surface area contributed by atoms with Crippen molar-refractivity contribution in [2.24, 2.45) is 0 Å². The second-order valence-electron chi connectivity index (χ2n) is 2.44. The number of carbonyl (C=O) groups is 1. The molecule has 0 aliphatic rings. The summed E-state index contributed by atoms with van der Waals surface area (Å²) in [4.78, 5) is 10.0. The summed E-state index contributed by atoms with van der Waals surface area (Å²) in [5.74, 6) is 0. The maximum absolute atomic E-state index is 10.0. The highest BCUT2D eigenvalue weighted by atomic mass is 127. The van der Waals surface area contributed by atoms with Gasteiger partial charge in [-0.25, -0.2) is 4.79 Å². The van der Waals surface area contributed by atoms with E-state index >= 15 is 0 Å². The summed E-state index contributed by atoms with van der Waals surface area (Å²) in [6.45, 7) is 0.573. The summed E-state index contributed by atoms with van der Waals surface area (Å²) >= 11 is 2.19. The maximum atomic E-state index is 10.0. The zero-order valence-electron chi connectivity index (χ0n) is 6.92. The number of allylic oxidation sites excluding steroid dienone is 1. The van der Waals surface area contributed by atoms with E-state index in [1.165, 1.54) is 0 Å². The third kappa shape index (κ3) is 9.74. The van der Waals surface area contributed by atoms with Crippen LogP contribution < -0.4 is 5.32 Å². The zero-order chi connectivity index (χ0) is 9.23. The van der Waals surface area contributed by atoms with Crippen molar-refractivity contribution >= 4 is 28.7 Å². The van der Waals surface area contributed by atoms with Crippen LogP contribution in [0.3, 0.4) is 0 Å². The first-order valence-corrected chi connectivity index (χ1v) is 5.24. The molecule has 0 aliphatic heterocycles. The molecule has 4 heteroatoms. The first-order valence-electron chi connectivity index (χ1n) is 3.99. The van der Waals surface area contributed by atoms with E-state index in [1.807, 2.05) is 4.08 Å². The molecular formula is C8H14INO2. The van der Waals surface area contributed by atoms with Gasteiger partial charge in [0.2, 0.25) is 0 Å². The Bertz CT molecular complexity index is 148. The molecule has 70 valence electrons. The van der Waals surface area contributed by atoms with Gasteiger partial charge in [-0.3, -0.25) is 0 Å². The van der Waals surface area contributed by atoms with E-state index in [9.17, 15) is 4.79 Å². The highest BCUT2D eigenvalue weighted by Gasteiger charge is 1.92. The average molecular weight is 283 g/mol. The minimum Gasteiger partial charge on any atom is -0.465 e. The van der Waals surface area contributed by atoms with Crippen LogP contribution in [0.25, 0.3) is 0 Å². The minimum absolute atomic E-state index is 0.573. The molecule has 3 nitrogen and oxygen atoms in total. The number of carboxylic acid groups (broad SMARTS) is 1. The van der Waals surface area contributed by atoms with Gasteiger partial charge >= 0.3 is 6.09 Å². The summed E-state index contributed by atoms with van der Waals surface area (Å²) in [5.41, 5.74) is 0. The standard InChI is InChI=1S/C8H14INO2/c9-6-4-2-1-3-5-7-10-8(11)12/h4,6,10H,1-3,5,7H2,(H,11,12). The fourth-order valence-electron chi connectivity index (χ4n) is 0.822. The van der Waals surface area contributed by atoms with Crippen molar-refractivity contribution in [1.29, 1.82) is 0 Å². The number of hydrogen-bond donors (Lipinski definition) is 2. The Morgan fingerprint density at radius 2 is 2.17 bits per heavy atom. The van der Waals surface area contributed by atoms with Crippen LogP contribution in [0.1, 0.15) is 25.7 Å². The molecule has 0 saturated heterocycles. The number of nitrogens with one attached hydrogen (secondary N) is 1.